The first kappa shape index (κ1) is 14.3. The minimum Gasteiger partial charge on any atom is -0.377 e. The average molecular weight is 291 g/mol. The van der Waals surface area contributed by atoms with Crippen molar-refractivity contribution in [2.75, 3.05) is 19.8 Å². The molecule has 0 bridgehead atoms. The Morgan fingerprint density at radius 2 is 2.38 bits per heavy atom. The highest BCUT2D eigenvalue weighted by Gasteiger charge is 2.29. The molecule has 114 valence electrons. The summed E-state index contributed by atoms with van der Waals surface area (Å²) in [7, 11) is 0. The fourth-order valence-electron chi connectivity index (χ4n) is 2.87. The monoisotopic (exact) mass is 291 g/mol. The quantitative estimate of drug-likeness (QED) is 0.828. The van der Waals surface area contributed by atoms with Crippen LogP contribution < -0.4 is 5.32 Å². The number of aromatic nitrogens is 2. The fraction of sp³-hybridized carbons (Fsp3) is 0.600. The van der Waals surface area contributed by atoms with Crippen LogP contribution in [0.5, 0.6) is 0 Å². The molecule has 0 aliphatic carbocycles. The molecule has 0 saturated heterocycles. The lowest BCUT2D eigenvalue weighted by Gasteiger charge is -2.25. The van der Waals surface area contributed by atoms with Crippen LogP contribution in [0.1, 0.15) is 48.1 Å². The molecule has 0 unspecified atom stereocenters. The SMILES string of the molecule is C[C@@H]1Cc2c(C(=O)NCC3=CCCOC3)n[nH]c2[C@H](C)O1. The van der Waals surface area contributed by atoms with Crippen molar-refractivity contribution in [3.05, 3.63) is 28.6 Å². The summed E-state index contributed by atoms with van der Waals surface area (Å²) in [6.07, 6.45) is 3.81. The van der Waals surface area contributed by atoms with Gasteiger partial charge in [-0.3, -0.25) is 9.89 Å². The summed E-state index contributed by atoms with van der Waals surface area (Å²) >= 11 is 0. The van der Waals surface area contributed by atoms with Crippen LogP contribution in [-0.2, 0) is 15.9 Å². The standard InChI is InChI=1S/C15H21N3O3/c1-9-6-12-13(10(2)21-9)17-18-14(12)15(19)16-7-11-4-3-5-20-8-11/h4,9-10H,3,5-8H2,1-2H3,(H,16,19)(H,17,18)/t9-,10+/m1/s1. The van der Waals surface area contributed by atoms with E-state index in [1.807, 2.05) is 13.8 Å². The minimum absolute atomic E-state index is 0.0488. The molecule has 6 nitrogen and oxygen atoms in total. The Bertz CT molecular complexity index is 565. The smallest absolute Gasteiger partial charge is 0.272 e. The van der Waals surface area contributed by atoms with Crippen molar-refractivity contribution < 1.29 is 14.3 Å². The van der Waals surface area contributed by atoms with Gasteiger partial charge in [0.25, 0.3) is 5.91 Å². The van der Waals surface area contributed by atoms with Crippen molar-refractivity contribution in [3.63, 3.8) is 0 Å². The number of ether oxygens (including phenoxy) is 2. The Kier molecular flexibility index (Phi) is 4.07. The van der Waals surface area contributed by atoms with Gasteiger partial charge in [-0.05, 0) is 25.8 Å². The largest absolute Gasteiger partial charge is 0.377 e. The third kappa shape index (κ3) is 3.01. The number of carbonyl (C=O) groups is 1. The summed E-state index contributed by atoms with van der Waals surface area (Å²) in [4.78, 5) is 12.3. The summed E-state index contributed by atoms with van der Waals surface area (Å²) < 4.78 is 11.1. The molecule has 6 heteroatoms. The molecule has 0 saturated carbocycles. The molecule has 2 aliphatic rings. The minimum atomic E-state index is -0.139. The number of carbonyl (C=O) groups excluding carboxylic acids is 1. The first-order valence-electron chi connectivity index (χ1n) is 7.41. The van der Waals surface area contributed by atoms with Crippen molar-refractivity contribution in [2.45, 2.75) is 38.9 Å². The number of aromatic amines is 1. The van der Waals surface area contributed by atoms with Gasteiger partial charge in [-0.15, -0.1) is 0 Å². The van der Waals surface area contributed by atoms with E-state index < -0.39 is 0 Å². The van der Waals surface area contributed by atoms with Crippen LogP contribution in [0.25, 0.3) is 0 Å². The van der Waals surface area contributed by atoms with Gasteiger partial charge in [0.05, 0.1) is 31.1 Å². The molecule has 2 aliphatic heterocycles. The van der Waals surface area contributed by atoms with Gasteiger partial charge in [-0.25, -0.2) is 0 Å². The number of nitrogens with one attached hydrogen (secondary N) is 2. The highest BCUT2D eigenvalue weighted by Crippen LogP contribution is 2.29. The molecule has 0 spiro atoms. The van der Waals surface area contributed by atoms with E-state index in [1.165, 1.54) is 0 Å². The predicted octanol–water partition coefficient (Wildman–Crippen LogP) is 1.51. The van der Waals surface area contributed by atoms with E-state index >= 15 is 0 Å². The van der Waals surface area contributed by atoms with Gasteiger partial charge in [0.1, 0.15) is 0 Å². The summed E-state index contributed by atoms with van der Waals surface area (Å²) in [5.74, 6) is -0.139. The zero-order valence-electron chi connectivity index (χ0n) is 12.4. The van der Waals surface area contributed by atoms with E-state index in [2.05, 4.69) is 21.6 Å². The number of nitrogens with zero attached hydrogens (tertiary/aromatic N) is 1. The molecule has 3 rings (SSSR count). The van der Waals surface area contributed by atoms with Gasteiger partial charge in [-0.1, -0.05) is 6.08 Å². The van der Waals surface area contributed by atoms with Crippen molar-refractivity contribution in [1.29, 1.82) is 0 Å². The molecular formula is C15H21N3O3. The zero-order valence-corrected chi connectivity index (χ0v) is 12.4. The van der Waals surface area contributed by atoms with Crippen LogP contribution in [0.4, 0.5) is 0 Å². The second-order valence-electron chi connectivity index (χ2n) is 5.64. The summed E-state index contributed by atoms with van der Waals surface area (Å²) in [5, 5.41) is 10.0. The van der Waals surface area contributed by atoms with Gasteiger partial charge in [0, 0.05) is 18.5 Å². The van der Waals surface area contributed by atoms with Gasteiger partial charge in [-0.2, -0.15) is 5.10 Å². The van der Waals surface area contributed by atoms with Gasteiger partial charge in [0.2, 0.25) is 0 Å². The van der Waals surface area contributed by atoms with Gasteiger partial charge < -0.3 is 14.8 Å². The number of hydrogen-bond donors (Lipinski definition) is 2. The zero-order chi connectivity index (χ0) is 14.8. The summed E-state index contributed by atoms with van der Waals surface area (Å²) in [5.41, 5.74) is 3.50. The van der Waals surface area contributed by atoms with Crippen molar-refractivity contribution >= 4 is 5.91 Å². The fourth-order valence-corrected chi connectivity index (χ4v) is 2.87. The molecular weight excluding hydrogens is 270 g/mol. The van der Waals surface area contributed by atoms with Crippen LogP contribution in [0.15, 0.2) is 11.6 Å². The van der Waals surface area contributed by atoms with E-state index in [4.69, 9.17) is 9.47 Å². The topological polar surface area (TPSA) is 76.2 Å². The molecule has 21 heavy (non-hydrogen) atoms. The number of fused-ring (bicyclic) bond motifs is 1. The lowest BCUT2D eigenvalue weighted by molar-refractivity contribution is -0.00697. The van der Waals surface area contributed by atoms with Crippen LogP contribution >= 0.6 is 0 Å². The lowest BCUT2D eigenvalue weighted by Crippen LogP contribution is -2.30. The van der Waals surface area contributed by atoms with Gasteiger partial charge >= 0.3 is 0 Å². The maximum Gasteiger partial charge on any atom is 0.272 e. The number of amides is 1. The van der Waals surface area contributed by atoms with Crippen molar-refractivity contribution in [1.82, 2.24) is 15.5 Å². The summed E-state index contributed by atoms with van der Waals surface area (Å²) in [6.45, 7) is 5.86. The maximum atomic E-state index is 12.3. The van der Waals surface area contributed by atoms with E-state index in [0.717, 1.165) is 29.9 Å². The predicted molar refractivity (Wildman–Crippen MR) is 77.1 cm³/mol. The first-order valence-corrected chi connectivity index (χ1v) is 7.41. The normalized spacial score (nSPS) is 25.1. The number of rotatable bonds is 3. The molecule has 1 aromatic heterocycles. The molecule has 2 N–H and O–H groups in total. The van der Waals surface area contributed by atoms with Crippen LogP contribution in [0.3, 0.4) is 0 Å². The van der Waals surface area contributed by atoms with E-state index in [1.54, 1.807) is 0 Å². The second kappa shape index (κ2) is 5.99. The maximum absolute atomic E-state index is 12.3. The number of hydrogen-bond acceptors (Lipinski definition) is 4. The Balaban J connectivity index is 1.69. The summed E-state index contributed by atoms with van der Waals surface area (Å²) in [6, 6.07) is 0. The highest BCUT2D eigenvalue weighted by atomic mass is 16.5. The molecule has 2 atom stereocenters. The molecule has 1 amide bonds. The van der Waals surface area contributed by atoms with E-state index in [-0.39, 0.29) is 18.1 Å². The molecule has 1 aromatic rings. The van der Waals surface area contributed by atoms with Crippen molar-refractivity contribution in [2.24, 2.45) is 0 Å². The van der Waals surface area contributed by atoms with Crippen LogP contribution in [0, 0.1) is 0 Å². The lowest BCUT2D eigenvalue weighted by atomic mass is 9.99. The first-order chi connectivity index (χ1) is 10.1. The Labute approximate surface area is 123 Å². The second-order valence-corrected chi connectivity index (χ2v) is 5.64. The Hall–Kier alpha value is -1.66. The average Bonchev–Trinajstić information content (AvgIpc) is 2.90. The molecule has 0 radical (unpaired) electrons. The number of H-pyrrole nitrogens is 1. The van der Waals surface area contributed by atoms with Crippen molar-refractivity contribution in [3.8, 4) is 0 Å². The van der Waals surface area contributed by atoms with E-state index in [9.17, 15) is 4.79 Å². The highest BCUT2D eigenvalue weighted by molar-refractivity contribution is 5.94. The Morgan fingerprint density at radius 3 is 3.14 bits per heavy atom. The molecule has 0 fully saturated rings. The molecule has 0 aromatic carbocycles. The third-order valence-electron chi connectivity index (χ3n) is 3.91. The van der Waals surface area contributed by atoms with E-state index in [0.29, 0.717) is 25.3 Å². The van der Waals surface area contributed by atoms with Crippen LogP contribution in [0.2, 0.25) is 0 Å². The van der Waals surface area contributed by atoms with Gasteiger partial charge in [0.15, 0.2) is 5.69 Å². The molecule has 3 heterocycles. The third-order valence-corrected chi connectivity index (χ3v) is 3.91. The van der Waals surface area contributed by atoms with Crippen LogP contribution in [-0.4, -0.2) is 42.0 Å². The Morgan fingerprint density at radius 1 is 1.52 bits per heavy atom.